The van der Waals surface area contributed by atoms with Crippen LogP contribution in [0, 0.1) is 11.8 Å². The van der Waals surface area contributed by atoms with E-state index in [1.165, 1.54) is 0 Å². The normalized spacial score (nSPS) is 15.1. The molecule has 1 aliphatic heterocycles. The van der Waals surface area contributed by atoms with E-state index in [0.717, 1.165) is 34.6 Å². The third-order valence-electron chi connectivity index (χ3n) is 6.25. The summed E-state index contributed by atoms with van der Waals surface area (Å²) in [4.78, 5) is 15.4. The summed E-state index contributed by atoms with van der Waals surface area (Å²) in [5.74, 6) is 2.97. The second-order valence-corrected chi connectivity index (χ2v) is 9.78. The number of amides is 1. The second kappa shape index (κ2) is 10.4. The van der Waals surface area contributed by atoms with Gasteiger partial charge < -0.3 is 19.1 Å². The first-order valence-electron chi connectivity index (χ1n) is 12.2. The van der Waals surface area contributed by atoms with Gasteiger partial charge in [0.25, 0.3) is 5.91 Å². The molecular formula is C28H35N3O4. The predicted molar refractivity (Wildman–Crippen MR) is 136 cm³/mol. The largest absolute Gasteiger partial charge is 0.497 e. The Morgan fingerprint density at radius 1 is 0.971 bits per heavy atom. The molecule has 1 aromatic heterocycles. The SMILES string of the molecule is COc1ccc(-c2n[nH]c3c2C(c2ccc(OCCC(C)C)c(OC)c2)N(CC(C)C)C3=O)cc1. The third kappa shape index (κ3) is 4.99. The van der Waals surface area contributed by atoms with E-state index >= 15 is 0 Å². The van der Waals surface area contributed by atoms with Crippen molar-refractivity contribution >= 4 is 5.91 Å². The monoisotopic (exact) mass is 477 g/mol. The van der Waals surface area contributed by atoms with Crippen LogP contribution in [0.2, 0.25) is 0 Å². The minimum atomic E-state index is -0.283. The number of methoxy groups -OCH3 is 2. The van der Waals surface area contributed by atoms with Gasteiger partial charge in [0, 0.05) is 17.7 Å². The maximum atomic E-state index is 13.5. The molecule has 3 aromatic rings. The minimum absolute atomic E-state index is 0.0396. The molecule has 1 N–H and O–H groups in total. The van der Waals surface area contributed by atoms with Crippen molar-refractivity contribution in [3.63, 3.8) is 0 Å². The van der Waals surface area contributed by atoms with E-state index in [4.69, 9.17) is 14.2 Å². The Balaban J connectivity index is 1.76. The maximum absolute atomic E-state index is 13.5. The number of aromatic amines is 1. The lowest BCUT2D eigenvalue weighted by molar-refractivity contribution is 0.0722. The first-order valence-corrected chi connectivity index (χ1v) is 12.2. The Bertz CT molecular complexity index is 1170. The molecule has 0 spiro atoms. The molecule has 1 amide bonds. The van der Waals surface area contributed by atoms with Crippen molar-refractivity contribution in [2.24, 2.45) is 11.8 Å². The number of benzene rings is 2. The summed E-state index contributed by atoms with van der Waals surface area (Å²) in [6.07, 6.45) is 0.966. The van der Waals surface area contributed by atoms with E-state index in [2.05, 4.69) is 37.9 Å². The number of hydrogen-bond acceptors (Lipinski definition) is 5. The lowest BCUT2D eigenvalue weighted by atomic mass is 9.95. The average molecular weight is 478 g/mol. The predicted octanol–water partition coefficient (Wildman–Crippen LogP) is 5.72. The van der Waals surface area contributed by atoms with E-state index in [0.29, 0.717) is 42.2 Å². The molecule has 7 heteroatoms. The Labute approximate surface area is 207 Å². The number of hydrogen-bond donors (Lipinski definition) is 1. The van der Waals surface area contributed by atoms with Crippen LogP contribution in [0.3, 0.4) is 0 Å². The van der Waals surface area contributed by atoms with E-state index in [1.807, 2.05) is 47.4 Å². The number of nitrogens with zero attached hydrogens (tertiary/aromatic N) is 2. The summed E-state index contributed by atoms with van der Waals surface area (Å²) in [5, 5.41) is 7.57. The molecule has 0 bridgehead atoms. The van der Waals surface area contributed by atoms with Gasteiger partial charge in [-0.25, -0.2) is 0 Å². The standard InChI is InChI=1S/C28H35N3O4/c1-17(2)13-14-35-22-12-9-20(15-23(22)34-6)27-24-25(19-7-10-21(33-5)11-8-19)29-30-26(24)28(32)31(27)16-18(3)4/h7-12,15,17-18,27H,13-14,16H2,1-6H3,(H,29,30). The van der Waals surface area contributed by atoms with Crippen molar-refractivity contribution in [2.75, 3.05) is 27.4 Å². The molecule has 2 aromatic carbocycles. The van der Waals surface area contributed by atoms with E-state index < -0.39 is 0 Å². The van der Waals surface area contributed by atoms with Crippen molar-refractivity contribution in [3.8, 4) is 28.5 Å². The number of rotatable bonds is 10. The maximum Gasteiger partial charge on any atom is 0.273 e. The van der Waals surface area contributed by atoms with Crippen LogP contribution in [-0.4, -0.2) is 48.4 Å². The summed E-state index contributed by atoms with van der Waals surface area (Å²) in [7, 11) is 3.29. The van der Waals surface area contributed by atoms with E-state index in [-0.39, 0.29) is 11.9 Å². The number of fused-ring (bicyclic) bond motifs is 1. The molecule has 4 rings (SSSR count). The van der Waals surface area contributed by atoms with Gasteiger partial charge in [-0.3, -0.25) is 9.89 Å². The molecule has 0 saturated heterocycles. The molecule has 1 atom stereocenters. The summed E-state index contributed by atoms with van der Waals surface area (Å²) >= 11 is 0. The van der Waals surface area contributed by atoms with Gasteiger partial charge in [-0.05, 0) is 60.2 Å². The molecule has 2 heterocycles. The molecule has 0 aliphatic carbocycles. The van der Waals surface area contributed by atoms with Gasteiger partial charge in [0.05, 0.1) is 32.6 Å². The van der Waals surface area contributed by atoms with Gasteiger partial charge >= 0.3 is 0 Å². The molecule has 1 unspecified atom stereocenters. The lowest BCUT2D eigenvalue weighted by Crippen LogP contribution is -2.32. The van der Waals surface area contributed by atoms with Crippen molar-refractivity contribution < 1.29 is 19.0 Å². The van der Waals surface area contributed by atoms with Crippen molar-refractivity contribution in [2.45, 2.75) is 40.2 Å². The molecule has 0 saturated carbocycles. The molecule has 1 aliphatic rings. The fourth-order valence-corrected chi connectivity index (χ4v) is 4.47. The topological polar surface area (TPSA) is 76.7 Å². The smallest absolute Gasteiger partial charge is 0.273 e. The van der Waals surface area contributed by atoms with E-state index in [1.54, 1.807) is 14.2 Å². The van der Waals surface area contributed by atoms with Crippen molar-refractivity contribution in [1.29, 1.82) is 0 Å². The Morgan fingerprint density at radius 3 is 2.34 bits per heavy atom. The number of carbonyl (C=O) groups excluding carboxylic acids is 1. The number of ether oxygens (including phenoxy) is 3. The Kier molecular flexibility index (Phi) is 7.34. The van der Waals surface area contributed by atoms with Gasteiger partial charge in [-0.2, -0.15) is 5.10 Å². The zero-order valence-electron chi connectivity index (χ0n) is 21.4. The third-order valence-corrected chi connectivity index (χ3v) is 6.25. The van der Waals surface area contributed by atoms with Crippen LogP contribution in [0.25, 0.3) is 11.3 Å². The number of H-pyrrole nitrogens is 1. The summed E-state index contributed by atoms with van der Waals surface area (Å²) in [6, 6.07) is 13.4. The van der Waals surface area contributed by atoms with Crippen LogP contribution in [-0.2, 0) is 0 Å². The number of nitrogens with one attached hydrogen (secondary N) is 1. The van der Waals surface area contributed by atoms with Crippen LogP contribution >= 0.6 is 0 Å². The van der Waals surface area contributed by atoms with Gasteiger partial charge in [-0.1, -0.05) is 33.8 Å². The highest BCUT2D eigenvalue weighted by Crippen LogP contribution is 2.45. The first kappa shape index (κ1) is 24.6. The van der Waals surface area contributed by atoms with E-state index in [9.17, 15) is 4.79 Å². The van der Waals surface area contributed by atoms with Crippen molar-refractivity contribution in [1.82, 2.24) is 15.1 Å². The average Bonchev–Trinajstić information content (AvgIpc) is 3.38. The molecular weight excluding hydrogens is 442 g/mol. The lowest BCUT2D eigenvalue weighted by Gasteiger charge is -2.28. The Morgan fingerprint density at radius 2 is 1.71 bits per heavy atom. The van der Waals surface area contributed by atoms with Crippen LogP contribution in [0.15, 0.2) is 42.5 Å². The van der Waals surface area contributed by atoms with Crippen LogP contribution < -0.4 is 14.2 Å². The van der Waals surface area contributed by atoms with Crippen LogP contribution in [0.5, 0.6) is 17.2 Å². The van der Waals surface area contributed by atoms with Gasteiger partial charge in [0.15, 0.2) is 11.5 Å². The van der Waals surface area contributed by atoms with Crippen LogP contribution in [0.1, 0.15) is 61.8 Å². The summed E-state index contributed by atoms with van der Waals surface area (Å²) in [6.45, 7) is 9.84. The highest BCUT2D eigenvalue weighted by molar-refractivity contribution is 6.00. The minimum Gasteiger partial charge on any atom is -0.497 e. The second-order valence-electron chi connectivity index (χ2n) is 9.78. The highest BCUT2D eigenvalue weighted by Gasteiger charge is 2.42. The quantitative estimate of drug-likeness (QED) is 0.404. The van der Waals surface area contributed by atoms with Gasteiger partial charge in [0.2, 0.25) is 0 Å². The first-order chi connectivity index (χ1) is 16.8. The molecule has 0 radical (unpaired) electrons. The number of carbonyl (C=O) groups is 1. The molecule has 35 heavy (non-hydrogen) atoms. The molecule has 0 fully saturated rings. The van der Waals surface area contributed by atoms with Gasteiger partial charge in [0.1, 0.15) is 11.4 Å². The zero-order chi connectivity index (χ0) is 25.1. The zero-order valence-corrected chi connectivity index (χ0v) is 21.4. The summed E-state index contributed by atoms with van der Waals surface area (Å²) < 4.78 is 17.0. The van der Waals surface area contributed by atoms with Gasteiger partial charge in [-0.15, -0.1) is 0 Å². The Hall–Kier alpha value is -3.48. The fourth-order valence-electron chi connectivity index (χ4n) is 4.47. The highest BCUT2D eigenvalue weighted by atomic mass is 16.5. The fraction of sp³-hybridized carbons (Fsp3) is 0.429. The summed E-state index contributed by atoms with van der Waals surface area (Å²) in [5.41, 5.74) is 4.08. The van der Waals surface area contributed by atoms with Crippen LogP contribution in [0.4, 0.5) is 0 Å². The van der Waals surface area contributed by atoms with Crippen molar-refractivity contribution in [3.05, 3.63) is 59.3 Å². The molecule has 186 valence electrons. The molecule has 7 nitrogen and oxygen atoms in total. The number of aromatic nitrogens is 2.